The molecule has 0 spiro atoms. The fourth-order valence-electron chi connectivity index (χ4n) is 1.80. The van der Waals surface area contributed by atoms with E-state index in [9.17, 15) is 9.59 Å². The maximum absolute atomic E-state index is 10.4. The van der Waals surface area contributed by atoms with E-state index < -0.39 is 12.1 Å². The van der Waals surface area contributed by atoms with Gasteiger partial charge in [-0.25, -0.2) is 9.59 Å². The lowest BCUT2D eigenvalue weighted by atomic mass is 10.2. The van der Waals surface area contributed by atoms with E-state index in [1.807, 2.05) is 30.3 Å². The largest absolute Gasteiger partial charge is 0.479 e. The Labute approximate surface area is 124 Å². The fourth-order valence-corrected chi connectivity index (χ4v) is 1.80. The molecule has 6 heteroatoms. The number of likely N-dealkylation sites (tertiary alicyclic amines) is 1. The monoisotopic (exact) mass is 294 g/mol. The van der Waals surface area contributed by atoms with Crippen LogP contribution in [0.3, 0.4) is 0 Å². The van der Waals surface area contributed by atoms with Gasteiger partial charge in [0.25, 0.3) is 0 Å². The van der Waals surface area contributed by atoms with E-state index in [0.29, 0.717) is 6.61 Å². The summed E-state index contributed by atoms with van der Waals surface area (Å²) in [5, 5.41) is 8.54. The lowest BCUT2D eigenvalue weighted by molar-refractivity contribution is -0.149. The van der Waals surface area contributed by atoms with Gasteiger partial charge in [-0.15, -0.1) is 0 Å². The number of aliphatic carboxylic acids is 1. The van der Waals surface area contributed by atoms with Gasteiger partial charge < -0.3 is 20.5 Å². The molecule has 0 radical (unpaired) electrons. The Morgan fingerprint density at radius 1 is 1.29 bits per heavy atom. The maximum atomic E-state index is 10.4. The molecule has 3 N–H and O–H groups in total. The minimum absolute atomic E-state index is 0.275. The maximum Gasteiger partial charge on any atom is 0.332 e. The number of primary amides is 1. The van der Waals surface area contributed by atoms with E-state index in [4.69, 9.17) is 15.6 Å². The highest BCUT2D eigenvalue weighted by molar-refractivity contribution is 5.72. The number of carbonyl (C=O) groups excluding carboxylic acids is 1. The smallest absolute Gasteiger partial charge is 0.332 e. The van der Waals surface area contributed by atoms with Crippen LogP contribution in [0, 0.1) is 0 Å². The van der Waals surface area contributed by atoms with Crippen LogP contribution in [0.1, 0.15) is 25.3 Å². The van der Waals surface area contributed by atoms with Gasteiger partial charge >= 0.3 is 12.0 Å². The summed E-state index contributed by atoms with van der Waals surface area (Å²) < 4.78 is 5.09. The van der Waals surface area contributed by atoms with Crippen LogP contribution in [-0.2, 0) is 16.1 Å². The van der Waals surface area contributed by atoms with Crippen LogP contribution in [0.2, 0.25) is 0 Å². The first-order valence-electron chi connectivity index (χ1n) is 6.93. The van der Waals surface area contributed by atoms with Gasteiger partial charge in [-0.05, 0) is 25.3 Å². The summed E-state index contributed by atoms with van der Waals surface area (Å²) in [4.78, 5) is 22.4. The van der Waals surface area contributed by atoms with Crippen LogP contribution in [0.25, 0.3) is 0 Å². The van der Waals surface area contributed by atoms with Crippen molar-refractivity contribution in [1.29, 1.82) is 0 Å². The number of carboxylic acids is 1. The molecular weight excluding hydrogens is 272 g/mol. The van der Waals surface area contributed by atoms with E-state index in [0.717, 1.165) is 31.5 Å². The number of nitrogens with zero attached hydrogens (tertiary/aromatic N) is 1. The molecule has 1 aliphatic heterocycles. The number of carbonyl (C=O) groups is 2. The molecule has 116 valence electrons. The van der Waals surface area contributed by atoms with E-state index in [1.54, 1.807) is 4.90 Å². The second-order valence-corrected chi connectivity index (χ2v) is 4.81. The molecule has 2 amide bonds. The topological polar surface area (TPSA) is 92.9 Å². The first-order chi connectivity index (χ1) is 10.0. The van der Waals surface area contributed by atoms with Crippen LogP contribution >= 0.6 is 0 Å². The van der Waals surface area contributed by atoms with Crippen LogP contribution < -0.4 is 5.73 Å². The highest BCUT2D eigenvalue weighted by atomic mass is 16.5. The average Bonchev–Trinajstić information content (AvgIpc) is 3.01. The Morgan fingerprint density at radius 3 is 2.29 bits per heavy atom. The number of carboxylic acid groups (broad SMARTS) is 1. The minimum Gasteiger partial charge on any atom is -0.479 e. The molecule has 21 heavy (non-hydrogen) atoms. The van der Waals surface area contributed by atoms with Crippen molar-refractivity contribution < 1.29 is 19.4 Å². The van der Waals surface area contributed by atoms with Gasteiger partial charge in [0.15, 0.2) is 6.10 Å². The third-order valence-corrected chi connectivity index (χ3v) is 3.11. The number of hydrogen-bond acceptors (Lipinski definition) is 3. The lowest BCUT2D eigenvalue weighted by Gasteiger charge is -2.09. The predicted molar refractivity (Wildman–Crippen MR) is 78.7 cm³/mol. The standard InChI is InChI=1S/C10H12O3.C5H10N2O/c1-8(10(11)12)13-7-9-5-3-2-4-6-9;6-5(8)7-3-1-2-4-7/h2-6,8H,7H2,1H3,(H,11,12);1-4H2,(H2,6,8)/t8-;/m0./s1. The van der Waals surface area contributed by atoms with Crippen molar-refractivity contribution >= 4 is 12.0 Å². The molecule has 0 bridgehead atoms. The first-order valence-corrected chi connectivity index (χ1v) is 6.93. The molecule has 2 rings (SSSR count). The van der Waals surface area contributed by atoms with Gasteiger partial charge in [-0.2, -0.15) is 0 Å². The number of urea groups is 1. The number of nitrogens with two attached hydrogens (primary N) is 1. The molecule has 0 saturated carbocycles. The molecule has 1 aromatic rings. The minimum atomic E-state index is -0.934. The van der Waals surface area contributed by atoms with Crippen LogP contribution in [0.15, 0.2) is 30.3 Å². The Kier molecular flexibility index (Phi) is 7.25. The Morgan fingerprint density at radius 2 is 1.86 bits per heavy atom. The van der Waals surface area contributed by atoms with Crippen molar-refractivity contribution in [2.24, 2.45) is 5.73 Å². The molecule has 1 saturated heterocycles. The molecule has 1 heterocycles. The van der Waals surface area contributed by atoms with Crippen molar-refractivity contribution in [2.45, 2.75) is 32.5 Å². The highest BCUT2D eigenvalue weighted by Gasteiger charge is 2.13. The molecule has 6 nitrogen and oxygen atoms in total. The third kappa shape index (κ3) is 6.76. The molecule has 1 aliphatic rings. The van der Waals surface area contributed by atoms with Crippen molar-refractivity contribution in [3.8, 4) is 0 Å². The molecule has 1 fully saturated rings. The molecular formula is C15H22N2O4. The van der Waals surface area contributed by atoms with Crippen LogP contribution in [0.4, 0.5) is 4.79 Å². The molecule has 0 aliphatic carbocycles. The van der Waals surface area contributed by atoms with Crippen LogP contribution in [-0.4, -0.2) is 41.2 Å². The zero-order chi connectivity index (χ0) is 15.7. The van der Waals surface area contributed by atoms with E-state index >= 15 is 0 Å². The van der Waals surface area contributed by atoms with Gasteiger partial charge in [-0.1, -0.05) is 30.3 Å². The van der Waals surface area contributed by atoms with Gasteiger partial charge in [0.1, 0.15) is 0 Å². The summed E-state index contributed by atoms with van der Waals surface area (Å²) in [6.45, 7) is 3.57. The van der Waals surface area contributed by atoms with Crippen molar-refractivity contribution in [3.05, 3.63) is 35.9 Å². The van der Waals surface area contributed by atoms with Crippen molar-refractivity contribution in [1.82, 2.24) is 4.90 Å². The third-order valence-electron chi connectivity index (χ3n) is 3.11. The quantitative estimate of drug-likeness (QED) is 0.886. The van der Waals surface area contributed by atoms with E-state index in [2.05, 4.69) is 0 Å². The summed E-state index contributed by atoms with van der Waals surface area (Å²) in [6, 6.07) is 9.21. The van der Waals surface area contributed by atoms with Gasteiger partial charge in [0.2, 0.25) is 0 Å². The normalized spacial score (nSPS) is 15.0. The van der Waals surface area contributed by atoms with Crippen molar-refractivity contribution in [3.63, 3.8) is 0 Å². The summed E-state index contributed by atoms with van der Waals surface area (Å²) >= 11 is 0. The molecule has 1 aromatic carbocycles. The number of amides is 2. The second kappa shape index (κ2) is 8.97. The Balaban J connectivity index is 0.000000235. The Bertz CT molecular complexity index is 444. The summed E-state index contributed by atoms with van der Waals surface area (Å²) in [5.74, 6) is -0.934. The summed E-state index contributed by atoms with van der Waals surface area (Å²) in [6.07, 6.45) is 1.48. The zero-order valence-corrected chi connectivity index (χ0v) is 12.2. The number of ether oxygens (including phenoxy) is 1. The zero-order valence-electron chi connectivity index (χ0n) is 12.2. The summed E-state index contributed by atoms with van der Waals surface area (Å²) in [7, 11) is 0. The van der Waals surface area contributed by atoms with E-state index in [1.165, 1.54) is 6.92 Å². The fraction of sp³-hybridized carbons (Fsp3) is 0.467. The van der Waals surface area contributed by atoms with Gasteiger partial charge in [0, 0.05) is 13.1 Å². The SMILES string of the molecule is C[C@H](OCc1ccccc1)C(=O)O.NC(=O)N1CCCC1. The summed E-state index contributed by atoms with van der Waals surface area (Å²) in [5.41, 5.74) is 5.97. The Hall–Kier alpha value is -2.08. The number of rotatable bonds is 4. The average molecular weight is 294 g/mol. The highest BCUT2D eigenvalue weighted by Crippen LogP contribution is 2.05. The first kappa shape index (κ1) is 17.0. The van der Waals surface area contributed by atoms with Crippen LogP contribution in [0.5, 0.6) is 0 Å². The van der Waals surface area contributed by atoms with Gasteiger partial charge in [-0.3, -0.25) is 0 Å². The molecule has 0 aromatic heterocycles. The molecule has 1 atom stereocenters. The number of hydrogen-bond donors (Lipinski definition) is 2. The lowest BCUT2D eigenvalue weighted by Crippen LogP contribution is -2.32. The molecule has 0 unspecified atom stereocenters. The van der Waals surface area contributed by atoms with E-state index in [-0.39, 0.29) is 6.03 Å². The predicted octanol–water partition coefficient (Wildman–Crippen LogP) is 1.84. The number of benzene rings is 1. The van der Waals surface area contributed by atoms with Gasteiger partial charge in [0.05, 0.1) is 6.61 Å². The van der Waals surface area contributed by atoms with Crippen molar-refractivity contribution in [2.75, 3.05) is 13.1 Å². The second-order valence-electron chi connectivity index (χ2n) is 4.81.